The minimum absolute atomic E-state index is 0.00103. The molecule has 3 fully saturated rings. The average molecular weight is 333 g/mol. The van der Waals surface area contributed by atoms with Gasteiger partial charge in [0, 0.05) is 12.8 Å². The van der Waals surface area contributed by atoms with Crippen LogP contribution >= 0.6 is 11.6 Å². The van der Waals surface area contributed by atoms with Crippen LogP contribution < -0.4 is 0 Å². The molecule has 0 bridgehead atoms. The van der Waals surface area contributed by atoms with E-state index >= 15 is 0 Å². The maximum Gasteiger partial charge on any atom is 0.313 e. The number of halogens is 1. The number of fused-ring (bicyclic) bond motifs is 3. The Morgan fingerprint density at radius 1 is 1.32 bits per heavy atom. The van der Waals surface area contributed by atoms with E-state index in [0.29, 0.717) is 19.3 Å². The van der Waals surface area contributed by atoms with E-state index in [-0.39, 0.29) is 36.5 Å². The van der Waals surface area contributed by atoms with E-state index in [2.05, 4.69) is 0 Å². The standard InChI is InChI=1S/C16H25ClO5/c1-4-5-8(18)6-9-7-10-11(21-10)12-13(22-12)14(17)16(2,3)15(19)20-9/h8-14,18H,4-7H2,1-3H3/t8-,9+,10+,11+,12+,13+,14-/m0/s1. The topological polar surface area (TPSA) is 71.6 Å². The average Bonchev–Trinajstić information content (AvgIpc) is 3.30. The van der Waals surface area contributed by atoms with Crippen molar-refractivity contribution in [3.8, 4) is 0 Å². The lowest BCUT2D eigenvalue weighted by molar-refractivity contribution is -0.162. The number of carbonyl (C=O) groups is 1. The highest BCUT2D eigenvalue weighted by Crippen LogP contribution is 2.48. The minimum Gasteiger partial charge on any atom is -0.462 e. The molecule has 7 atom stereocenters. The van der Waals surface area contributed by atoms with Crippen molar-refractivity contribution in [1.29, 1.82) is 0 Å². The van der Waals surface area contributed by atoms with Gasteiger partial charge in [0.25, 0.3) is 0 Å². The Hall–Kier alpha value is -0.360. The van der Waals surface area contributed by atoms with Crippen LogP contribution in [0.2, 0.25) is 0 Å². The number of rotatable bonds is 4. The molecule has 3 rings (SSSR count). The van der Waals surface area contributed by atoms with Crippen LogP contribution in [-0.2, 0) is 19.0 Å². The highest BCUT2D eigenvalue weighted by molar-refractivity contribution is 6.23. The van der Waals surface area contributed by atoms with Crippen LogP contribution in [0.3, 0.4) is 0 Å². The number of esters is 1. The first kappa shape index (κ1) is 16.5. The van der Waals surface area contributed by atoms with Crippen molar-refractivity contribution < 1.29 is 24.1 Å². The first-order valence-electron chi connectivity index (χ1n) is 8.18. The summed E-state index contributed by atoms with van der Waals surface area (Å²) in [4.78, 5) is 12.5. The van der Waals surface area contributed by atoms with E-state index in [1.54, 1.807) is 13.8 Å². The molecular weight excluding hydrogens is 308 g/mol. The summed E-state index contributed by atoms with van der Waals surface area (Å²) in [5.74, 6) is -0.324. The van der Waals surface area contributed by atoms with Gasteiger partial charge in [-0.2, -0.15) is 0 Å². The maximum absolute atomic E-state index is 12.5. The van der Waals surface area contributed by atoms with Crippen LogP contribution in [0.1, 0.15) is 46.5 Å². The second-order valence-corrected chi connectivity index (χ2v) is 7.74. The minimum atomic E-state index is -0.823. The lowest BCUT2D eigenvalue weighted by Gasteiger charge is -2.30. The molecule has 126 valence electrons. The Balaban J connectivity index is 1.72. The zero-order valence-corrected chi connectivity index (χ0v) is 14.1. The number of hydrogen-bond acceptors (Lipinski definition) is 5. The molecule has 0 unspecified atom stereocenters. The van der Waals surface area contributed by atoms with E-state index < -0.39 is 16.9 Å². The smallest absolute Gasteiger partial charge is 0.313 e. The first-order chi connectivity index (χ1) is 10.3. The quantitative estimate of drug-likeness (QED) is 0.484. The SMILES string of the molecule is CCC[C@H](O)C[C@@H]1C[C@H]2O[C@H]2[C@H]2O[C@H]2[C@H](Cl)C(C)(C)C(=O)O1. The van der Waals surface area contributed by atoms with Crippen molar-refractivity contribution in [2.45, 2.75) is 88.5 Å². The third-order valence-corrected chi connectivity index (χ3v) is 5.73. The van der Waals surface area contributed by atoms with Gasteiger partial charge in [0.1, 0.15) is 24.4 Å². The van der Waals surface area contributed by atoms with Gasteiger partial charge in [-0.3, -0.25) is 4.79 Å². The molecule has 0 radical (unpaired) electrons. The molecule has 0 amide bonds. The fraction of sp³-hybridized carbons (Fsp3) is 0.938. The molecule has 6 heteroatoms. The van der Waals surface area contributed by atoms with Crippen LogP contribution in [0.4, 0.5) is 0 Å². The summed E-state index contributed by atoms with van der Waals surface area (Å²) < 4.78 is 17.0. The Morgan fingerprint density at radius 2 is 2.05 bits per heavy atom. The van der Waals surface area contributed by atoms with E-state index in [4.69, 9.17) is 25.8 Å². The van der Waals surface area contributed by atoms with E-state index in [1.165, 1.54) is 0 Å². The predicted molar refractivity (Wildman–Crippen MR) is 80.8 cm³/mol. The summed E-state index contributed by atoms with van der Waals surface area (Å²) >= 11 is 6.45. The Kier molecular flexibility index (Phi) is 4.45. The molecule has 0 spiro atoms. The van der Waals surface area contributed by atoms with Gasteiger partial charge < -0.3 is 19.3 Å². The second-order valence-electron chi connectivity index (χ2n) is 7.27. The number of alkyl halides is 1. The van der Waals surface area contributed by atoms with Crippen molar-refractivity contribution in [3.05, 3.63) is 0 Å². The lowest BCUT2D eigenvalue weighted by Crippen LogP contribution is -2.42. The van der Waals surface area contributed by atoms with Crippen molar-refractivity contribution in [1.82, 2.24) is 0 Å². The van der Waals surface area contributed by atoms with Crippen molar-refractivity contribution >= 4 is 17.6 Å². The summed E-state index contributed by atoms with van der Waals surface area (Å²) in [5.41, 5.74) is -0.823. The summed E-state index contributed by atoms with van der Waals surface area (Å²) in [5, 5.41) is 9.60. The zero-order valence-electron chi connectivity index (χ0n) is 13.3. The van der Waals surface area contributed by atoms with Gasteiger partial charge in [-0.1, -0.05) is 13.3 Å². The molecule has 1 N–H and O–H groups in total. The van der Waals surface area contributed by atoms with Crippen LogP contribution in [-0.4, -0.2) is 53.1 Å². The van der Waals surface area contributed by atoms with Crippen molar-refractivity contribution in [3.63, 3.8) is 0 Å². The number of carbonyl (C=O) groups excluding carboxylic acids is 1. The number of aliphatic hydroxyl groups excluding tert-OH is 1. The monoisotopic (exact) mass is 332 g/mol. The summed E-state index contributed by atoms with van der Waals surface area (Å²) in [6.07, 6.45) is 1.86. The molecule has 3 aliphatic heterocycles. The largest absolute Gasteiger partial charge is 0.462 e. The number of cyclic esters (lactones) is 1. The predicted octanol–water partition coefficient (Wildman–Crippen LogP) is 2.02. The van der Waals surface area contributed by atoms with Crippen LogP contribution in [0.5, 0.6) is 0 Å². The molecule has 0 saturated carbocycles. The number of epoxide rings is 2. The van der Waals surface area contributed by atoms with Gasteiger partial charge in [-0.25, -0.2) is 0 Å². The molecular formula is C16H25ClO5. The van der Waals surface area contributed by atoms with Gasteiger partial charge in [0.05, 0.1) is 23.0 Å². The van der Waals surface area contributed by atoms with Crippen molar-refractivity contribution in [2.75, 3.05) is 0 Å². The van der Waals surface area contributed by atoms with E-state index in [9.17, 15) is 9.90 Å². The number of aliphatic hydroxyl groups is 1. The van der Waals surface area contributed by atoms with Gasteiger partial charge >= 0.3 is 5.97 Å². The molecule has 3 saturated heterocycles. The fourth-order valence-corrected chi connectivity index (χ4v) is 3.60. The highest BCUT2D eigenvalue weighted by atomic mass is 35.5. The number of ether oxygens (including phenoxy) is 3. The molecule has 0 aromatic heterocycles. The van der Waals surface area contributed by atoms with Gasteiger partial charge in [0.2, 0.25) is 0 Å². The van der Waals surface area contributed by atoms with Crippen molar-refractivity contribution in [2.24, 2.45) is 5.41 Å². The van der Waals surface area contributed by atoms with E-state index in [1.807, 2.05) is 6.92 Å². The fourth-order valence-electron chi connectivity index (χ4n) is 3.30. The third-order valence-electron chi connectivity index (χ3n) is 4.94. The summed E-state index contributed by atoms with van der Waals surface area (Å²) in [7, 11) is 0. The molecule has 22 heavy (non-hydrogen) atoms. The van der Waals surface area contributed by atoms with Gasteiger partial charge in [-0.15, -0.1) is 11.6 Å². The zero-order chi connectivity index (χ0) is 16.1. The van der Waals surface area contributed by atoms with Crippen LogP contribution in [0, 0.1) is 5.41 Å². The molecule has 0 aromatic carbocycles. The Morgan fingerprint density at radius 3 is 2.73 bits per heavy atom. The summed E-state index contributed by atoms with van der Waals surface area (Å²) in [6.45, 7) is 5.60. The van der Waals surface area contributed by atoms with Crippen LogP contribution in [0.15, 0.2) is 0 Å². The molecule has 0 aliphatic carbocycles. The molecule has 5 nitrogen and oxygen atoms in total. The second kappa shape index (κ2) is 5.93. The number of hydrogen-bond donors (Lipinski definition) is 1. The third kappa shape index (κ3) is 3.14. The van der Waals surface area contributed by atoms with Gasteiger partial charge in [0.15, 0.2) is 0 Å². The van der Waals surface area contributed by atoms with E-state index in [0.717, 1.165) is 6.42 Å². The molecule has 3 aliphatic rings. The lowest BCUT2D eigenvalue weighted by atomic mass is 9.85. The maximum atomic E-state index is 12.5. The molecule has 0 aromatic rings. The Bertz CT molecular complexity index is 440. The summed E-state index contributed by atoms with van der Waals surface area (Å²) in [6, 6.07) is 0. The Labute approximate surface area is 136 Å². The van der Waals surface area contributed by atoms with Crippen LogP contribution in [0.25, 0.3) is 0 Å². The first-order valence-corrected chi connectivity index (χ1v) is 8.62. The van der Waals surface area contributed by atoms with Gasteiger partial charge in [-0.05, 0) is 20.3 Å². The molecule has 3 heterocycles. The normalized spacial score (nSPS) is 44.3. The highest BCUT2D eigenvalue weighted by Gasteiger charge is 2.63.